The number of hydrogen-bond acceptors (Lipinski definition) is 3. The van der Waals surface area contributed by atoms with Crippen molar-refractivity contribution >= 4 is 5.97 Å². The number of hydrogen-bond donors (Lipinski definition) is 2. The topological polar surface area (TPSA) is 81.1 Å². The second-order valence-electron chi connectivity index (χ2n) is 7.21. The van der Waals surface area contributed by atoms with Crippen LogP contribution in [0.4, 0.5) is 0 Å². The van der Waals surface area contributed by atoms with E-state index >= 15 is 0 Å². The lowest BCUT2D eigenvalue weighted by Gasteiger charge is -2.21. The van der Waals surface area contributed by atoms with Gasteiger partial charge in [-0.25, -0.2) is 4.98 Å². The molecule has 0 radical (unpaired) electrons. The minimum Gasteiger partial charge on any atom is -0.481 e. The van der Waals surface area contributed by atoms with Crippen molar-refractivity contribution in [3.63, 3.8) is 0 Å². The fraction of sp³-hybridized carbons (Fsp3) is 0.778. The Bertz CT molecular complexity index is 480. The first-order valence-corrected chi connectivity index (χ1v) is 9.02. The van der Waals surface area contributed by atoms with E-state index in [2.05, 4.69) is 9.55 Å². The monoisotopic (exact) mass is 321 g/mol. The molecule has 23 heavy (non-hydrogen) atoms. The average molecular weight is 321 g/mol. The number of imidazole rings is 1. The molecule has 2 rings (SSSR count). The molecule has 0 bridgehead atoms. The van der Waals surface area contributed by atoms with Crippen LogP contribution in [0, 0.1) is 17.8 Å². The van der Waals surface area contributed by atoms with Gasteiger partial charge < -0.3 is 15.4 Å². The van der Waals surface area contributed by atoms with Crippen molar-refractivity contribution in [2.75, 3.05) is 6.54 Å². The lowest BCUT2D eigenvalue weighted by atomic mass is 9.87. The summed E-state index contributed by atoms with van der Waals surface area (Å²) in [4.78, 5) is 15.8. The SMILES string of the molecule is C[C@@H](CN)C[C@H](Cc1cn(CCC2CCCCC2)cn1)C(=O)O. The van der Waals surface area contributed by atoms with Crippen LogP contribution in [0.2, 0.25) is 0 Å². The molecule has 0 saturated heterocycles. The summed E-state index contributed by atoms with van der Waals surface area (Å²) in [6.45, 7) is 3.52. The summed E-state index contributed by atoms with van der Waals surface area (Å²) < 4.78 is 2.12. The fourth-order valence-corrected chi connectivity index (χ4v) is 3.55. The zero-order valence-corrected chi connectivity index (χ0v) is 14.3. The summed E-state index contributed by atoms with van der Waals surface area (Å²) in [6, 6.07) is 0. The Kier molecular flexibility index (Phi) is 7.09. The summed E-state index contributed by atoms with van der Waals surface area (Å²) in [5.41, 5.74) is 6.50. The zero-order chi connectivity index (χ0) is 16.7. The molecule has 5 heteroatoms. The van der Waals surface area contributed by atoms with Crippen molar-refractivity contribution in [3.8, 4) is 0 Å². The van der Waals surface area contributed by atoms with E-state index < -0.39 is 11.9 Å². The highest BCUT2D eigenvalue weighted by molar-refractivity contribution is 5.70. The van der Waals surface area contributed by atoms with E-state index in [9.17, 15) is 9.90 Å². The second kappa shape index (κ2) is 9.06. The normalized spacial score (nSPS) is 18.7. The van der Waals surface area contributed by atoms with Gasteiger partial charge in [0.2, 0.25) is 0 Å². The number of rotatable bonds is 9. The molecule has 1 aliphatic carbocycles. The van der Waals surface area contributed by atoms with Gasteiger partial charge in [-0.1, -0.05) is 39.0 Å². The maximum absolute atomic E-state index is 11.4. The number of nitrogens with zero attached hydrogens (tertiary/aromatic N) is 2. The summed E-state index contributed by atoms with van der Waals surface area (Å²) in [5.74, 6) is -0.0615. The van der Waals surface area contributed by atoms with Gasteiger partial charge >= 0.3 is 5.97 Å². The van der Waals surface area contributed by atoms with Crippen LogP contribution in [0.3, 0.4) is 0 Å². The highest BCUT2D eigenvalue weighted by Gasteiger charge is 2.21. The minimum absolute atomic E-state index is 0.226. The molecule has 1 aromatic rings. The van der Waals surface area contributed by atoms with Crippen LogP contribution in [0.25, 0.3) is 0 Å². The number of aliphatic carboxylic acids is 1. The van der Waals surface area contributed by atoms with E-state index in [0.29, 0.717) is 19.4 Å². The smallest absolute Gasteiger partial charge is 0.306 e. The maximum atomic E-state index is 11.4. The molecule has 5 nitrogen and oxygen atoms in total. The molecule has 0 aromatic carbocycles. The Balaban J connectivity index is 1.83. The number of carboxylic acid groups (broad SMARTS) is 1. The van der Waals surface area contributed by atoms with E-state index in [4.69, 9.17) is 5.73 Å². The Labute approximate surface area is 139 Å². The van der Waals surface area contributed by atoms with Crippen molar-refractivity contribution in [1.82, 2.24) is 9.55 Å². The first-order valence-electron chi connectivity index (χ1n) is 9.02. The molecule has 130 valence electrons. The van der Waals surface area contributed by atoms with Crippen LogP contribution in [-0.2, 0) is 17.8 Å². The molecule has 1 aromatic heterocycles. The first-order chi connectivity index (χ1) is 11.1. The van der Waals surface area contributed by atoms with Gasteiger partial charge in [0.25, 0.3) is 0 Å². The number of carboxylic acids is 1. The molecule has 2 atom stereocenters. The Hall–Kier alpha value is -1.36. The average Bonchev–Trinajstić information content (AvgIpc) is 3.00. The van der Waals surface area contributed by atoms with Gasteiger partial charge in [0, 0.05) is 19.2 Å². The van der Waals surface area contributed by atoms with Crippen LogP contribution in [0.1, 0.15) is 57.6 Å². The fourth-order valence-electron chi connectivity index (χ4n) is 3.55. The molecule has 0 amide bonds. The number of nitrogens with two attached hydrogens (primary N) is 1. The number of aromatic nitrogens is 2. The molecular formula is C18H31N3O2. The zero-order valence-electron chi connectivity index (χ0n) is 14.3. The minimum atomic E-state index is -0.748. The second-order valence-corrected chi connectivity index (χ2v) is 7.21. The van der Waals surface area contributed by atoms with E-state index in [-0.39, 0.29) is 5.92 Å². The van der Waals surface area contributed by atoms with E-state index in [0.717, 1.165) is 18.2 Å². The van der Waals surface area contributed by atoms with Gasteiger partial charge in [-0.05, 0) is 31.2 Å². The molecular weight excluding hydrogens is 290 g/mol. The summed E-state index contributed by atoms with van der Waals surface area (Å²) >= 11 is 0. The van der Waals surface area contributed by atoms with Crippen LogP contribution >= 0.6 is 0 Å². The van der Waals surface area contributed by atoms with Gasteiger partial charge in [0.15, 0.2) is 0 Å². The molecule has 0 spiro atoms. The largest absolute Gasteiger partial charge is 0.481 e. The van der Waals surface area contributed by atoms with E-state index in [1.165, 1.54) is 38.5 Å². The molecule has 1 heterocycles. The Morgan fingerprint density at radius 3 is 2.83 bits per heavy atom. The highest BCUT2D eigenvalue weighted by atomic mass is 16.4. The maximum Gasteiger partial charge on any atom is 0.306 e. The van der Waals surface area contributed by atoms with Crippen LogP contribution in [-0.4, -0.2) is 27.2 Å². The quantitative estimate of drug-likeness (QED) is 0.732. The molecule has 1 saturated carbocycles. The Morgan fingerprint density at radius 1 is 1.43 bits per heavy atom. The van der Waals surface area contributed by atoms with Crippen LogP contribution < -0.4 is 5.73 Å². The molecule has 0 aliphatic heterocycles. The van der Waals surface area contributed by atoms with Crippen molar-refractivity contribution in [2.45, 2.75) is 64.8 Å². The van der Waals surface area contributed by atoms with E-state index in [1.807, 2.05) is 19.4 Å². The van der Waals surface area contributed by atoms with Crippen molar-refractivity contribution < 1.29 is 9.90 Å². The standard InChI is InChI=1S/C18H31N3O2/c1-14(11-19)9-16(18(22)23)10-17-12-21(13-20-17)8-7-15-5-3-2-4-6-15/h12-16H,2-11,19H2,1H3,(H,22,23)/t14-,16-/m1/s1. The van der Waals surface area contributed by atoms with Crippen LogP contribution in [0.5, 0.6) is 0 Å². The Morgan fingerprint density at radius 2 is 2.17 bits per heavy atom. The summed E-state index contributed by atoms with van der Waals surface area (Å²) in [5, 5.41) is 9.38. The van der Waals surface area contributed by atoms with Gasteiger partial charge in [0.1, 0.15) is 0 Å². The molecule has 0 unspecified atom stereocenters. The lowest BCUT2D eigenvalue weighted by molar-refractivity contribution is -0.142. The lowest BCUT2D eigenvalue weighted by Crippen LogP contribution is -2.23. The number of carbonyl (C=O) groups is 1. The third-order valence-corrected chi connectivity index (χ3v) is 5.10. The first kappa shape index (κ1) is 18.0. The third-order valence-electron chi connectivity index (χ3n) is 5.10. The third kappa shape index (κ3) is 5.98. The highest BCUT2D eigenvalue weighted by Crippen LogP contribution is 2.26. The van der Waals surface area contributed by atoms with Gasteiger partial charge in [-0.3, -0.25) is 4.79 Å². The molecule has 1 aliphatic rings. The van der Waals surface area contributed by atoms with E-state index in [1.54, 1.807) is 0 Å². The van der Waals surface area contributed by atoms with Gasteiger partial charge in [-0.15, -0.1) is 0 Å². The summed E-state index contributed by atoms with van der Waals surface area (Å²) in [6.07, 6.45) is 13.1. The van der Waals surface area contributed by atoms with Crippen molar-refractivity contribution in [3.05, 3.63) is 18.2 Å². The molecule has 1 fully saturated rings. The van der Waals surface area contributed by atoms with Gasteiger partial charge in [-0.2, -0.15) is 0 Å². The van der Waals surface area contributed by atoms with Crippen molar-refractivity contribution in [1.29, 1.82) is 0 Å². The molecule has 3 N–H and O–H groups in total. The van der Waals surface area contributed by atoms with Gasteiger partial charge in [0.05, 0.1) is 17.9 Å². The van der Waals surface area contributed by atoms with Crippen LogP contribution in [0.15, 0.2) is 12.5 Å². The van der Waals surface area contributed by atoms with Crippen molar-refractivity contribution in [2.24, 2.45) is 23.5 Å². The predicted octanol–water partition coefficient (Wildman–Crippen LogP) is 3.08. The summed E-state index contributed by atoms with van der Waals surface area (Å²) in [7, 11) is 0. The predicted molar refractivity (Wildman–Crippen MR) is 91.1 cm³/mol. The number of aryl methyl sites for hydroxylation is 1.